The lowest BCUT2D eigenvalue weighted by atomic mass is 9.95. The Morgan fingerprint density at radius 2 is 1.64 bits per heavy atom. The van der Waals surface area contributed by atoms with Gasteiger partial charge in [-0.1, -0.05) is 55.3 Å². The van der Waals surface area contributed by atoms with Crippen molar-refractivity contribution in [3.05, 3.63) is 94.0 Å². The van der Waals surface area contributed by atoms with Crippen LogP contribution in [0.15, 0.2) is 72.3 Å². The molecule has 1 aliphatic rings. The van der Waals surface area contributed by atoms with Crippen LogP contribution in [-0.4, -0.2) is 30.5 Å². The van der Waals surface area contributed by atoms with Crippen LogP contribution in [0.1, 0.15) is 36.6 Å². The zero-order valence-corrected chi connectivity index (χ0v) is 21.4. The quantitative estimate of drug-likeness (QED) is 0.231. The lowest BCUT2D eigenvalue weighted by Gasteiger charge is -2.26. The average Bonchev–Trinajstić information content (AvgIpc) is 3.13. The number of hydrogen-bond donors (Lipinski definition) is 1. The third kappa shape index (κ3) is 4.95. The highest BCUT2D eigenvalue weighted by molar-refractivity contribution is 6.52. The van der Waals surface area contributed by atoms with Gasteiger partial charge in [0.2, 0.25) is 0 Å². The van der Waals surface area contributed by atoms with Crippen LogP contribution < -0.4 is 14.4 Å². The molecule has 0 aliphatic carbocycles. The number of halogens is 1. The maximum atomic E-state index is 13.4. The molecule has 1 amide bonds. The van der Waals surface area contributed by atoms with Gasteiger partial charge in [-0.2, -0.15) is 0 Å². The minimum atomic E-state index is -0.867. The van der Waals surface area contributed by atoms with Crippen molar-refractivity contribution in [2.24, 2.45) is 5.92 Å². The van der Waals surface area contributed by atoms with E-state index in [1.807, 2.05) is 19.1 Å². The Bertz CT molecular complexity index is 1310. The lowest BCUT2D eigenvalue weighted by Crippen LogP contribution is -2.29. The van der Waals surface area contributed by atoms with Crippen molar-refractivity contribution >= 4 is 34.7 Å². The molecular weight excluding hydrogens is 478 g/mol. The summed E-state index contributed by atoms with van der Waals surface area (Å²) >= 11 is 6.38. The number of Topliss-reactive ketones (excluding diaryl/α,β-unsaturated/α-hetero) is 1. The van der Waals surface area contributed by atoms with Crippen molar-refractivity contribution in [2.75, 3.05) is 18.6 Å². The number of methoxy groups -OCH3 is 1. The van der Waals surface area contributed by atoms with Crippen molar-refractivity contribution < 1.29 is 24.2 Å². The Kier molecular flexibility index (Phi) is 7.36. The standard InChI is InChI=1S/C29H28ClNO5/c1-17(2)16-36-21-11-7-19(8-12-21)26-25(27(32)23-15-22(35-4)13-14-24(23)30)28(33)29(34)31(26)20-9-5-18(3)6-10-20/h5-15,17,26,32H,16H2,1-4H3/b27-25+. The molecule has 1 heterocycles. The smallest absolute Gasteiger partial charge is 0.300 e. The maximum Gasteiger partial charge on any atom is 0.300 e. The van der Waals surface area contributed by atoms with Crippen LogP contribution in [-0.2, 0) is 9.59 Å². The molecule has 4 rings (SSSR count). The van der Waals surface area contributed by atoms with Crippen LogP contribution in [0.5, 0.6) is 11.5 Å². The summed E-state index contributed by atoms with van der Waals surface area (Å²) in [6, 6.07) is 18.4. The summed E-state index contributed by atoms with van der Waals surface area (Å²) in [5.41, 5.74) is 2.36. The predicted molar refractivity (Wildman–Crippen MR) is 141 cm³/mol. The lowest BCUT2D eigenvalue weighted by molar-refractivity contribution is -0.132. The van der Waals surface area contributed by atoms with Gasteiger partial charge in [0.05, 0.1) is 30.4 Å². The van der Waals surface area contributed by atoms with Gasteiger partial charge in [0.15, 0.2) is 0 Å². The van der Waals surface area contributed by atoms with Crippen LogP contribution in [0.4, 0.5) is 5.69 Å². The maximum absolute atomic E-state index is 13.4. The third-order valence-electron chi connectivity index (χ3n) is 5.96. The highest BCUT2D eigenvalue weighted by Crippen LogP contribution is 2.43. The number of aryl methyl sites for hydroxylation is 1. The zero-order chi connectivity index (χ0) is 26.0. The van der Waals surface area contributed by atoms with Crippen LogP contribution in [0, 0.1) is 12.8 Å². The molecule has 7 heteroatoms. The number of rotatable bonds is 7. The monoisotopic (exact) mass is 505 g/mol. The van der Waals surface area contributed by atoms with Gasteiger partial charge in [0.1, 0.15) is 17.3 Å². The number of carbonyl (C=O) groups excluding carboxylic acids is 2. The summed E-state index contributed by atoms with van der Waals surface area (Å²) in [6.07, 6.45) is 0. The normalized spacial score (nSPS) is 17.1. The summed E-state index contributed by atoms with van der Waals surface area (Å²) < 4.78 is 11.1. The molecule has 1 N–H and O–H groups in total. The van der Waals surface area contributed by atoms with Crippen molar-refractivity contribution in [3.8, 4) is 11.5 Å². The number of aliphatic hydroxyl groups is 1. The molecule has 1 fully saturated rings. The Labute approximate surface area is 215 Å². The summed E-state index contributed by atoms with van der Waals surface area (Å²) in [5.74, 6) is -0.392. The molecule has 1 saturated heterocycles. The molecule has 1 aliphatic heterocycles. The fourth-order valence-electron chi connectivity index (χ4n) is 4.09. The number of benzene rings is 3. The van der Waals surface area contributed by atoms with Crippen molar-refractivity contribution in [2.45, 2.75) is 26.8 Å². The van der Waals surface area contributed by atoms with E-state index in [4.69, 9.17) is 21.1 Å². The number of anilines is 1. The van der Waals surface area contributed by atoms with E-state index >= 15 is 0 Å². The topological polar surface area (TPSA) is 76.1 Å². The molecule has 1 unspecified atom stereocenters. The largest absolute Gasteiger partial charge is 0.507 e. The number of ether oxygens (including phenoxy) is 2. The first-order valence-electron chi connectivity index (χ1n) is 11.7. The minimum Gasteiger partial charge on any atom is -0.507 e. The van der Waals surface area contributed by atoms with Gasteiger partial charge in [-0.05, 0) is 60.9 Å². The molecule has 0 bridgehead atoms. The van der Waals surface area contributed by atoms with E-state index in [1.165, 1.54) is 18.1 Å². The molecule has 186 valence electrons. The number of aliphatic hydroxyl groups excluding tert-OH is 1. The fourth-order valence-corrected chi connectivity index (χ4v) is 4.29. The highest BCUT2D eigenvalue weighted by atomic mass is 35.5. The van der Waals surface area contributed by atoms with Crippen LogP contribution >= 0.6 is 11.6 Å². The van der Waals surface area contributed by atoms with E-state index in [1.54, 1.807) is 48.5 Å². The summed E-state index contributed by atoms with van der Waals surface area (Å²) in [4.78, 5) is 28.1. The van der Waals surface area contributed by atoms with E-state index in [9.17, 15) is 14.7 Å². The van der Waals surface area contributed by atoms with Crippen molar-refractivity contribution in [3.63, 3.8) is 0 Å². The van der Waals surface area contributed by atoms with E-state index in [2.05, 4.69) is 13.8 Å². The molecule has 0 radical (unpaired) electrons. The second-order valence-corrected chi connectivity index (χ2v) is 9.53. The molecule has 6 nitrogen and oxygen atoms in total. The number of carbonyl (C=O) groups is 2. The Hall–Kier alpha value is -3.77. The first-order valence-corrected chi connectivity index (χ1v) is 12.0. The van der Waals surface area contributed by atoms with E-state index in [0.29, 0.717) is 35.3 Å². The molecule has 3 aromatic carbocycles. The number of amides is 1. The molecule has 0 saturated carbocycles. The SMILES string of the molecule is COc1ccc(Cl)c(/C(O)=C2\C(=O)C(=O)N(c3ccc(C)cc3)C2c2ccc(OCC(C)C)cc2)c1. The Balaban J connectivity index is 1.88. The molecule has 36 heavy (non-hydrogen) atoms. The highest BCUT2D eigenvalue weighted by Gasteiger charge is 2.47. The minimum absolute atomic E-state index is 0.0495. The molecule has 1 atom stereocenters. The third-order valence-corrected chi connectivity index (χ3v) is 6.29. The van der Waals surface area contributed by atoms with Crippen molar-refractivity contribution in [1.29, 1.82) is 0 Å². The summed E-state index contributed by atoms with van der Waals surface area (Å²) in [7, 11) is 1.49. The van der Waals surface area contributed by atoms with E-state index < -0.39 is 17.7 Å². The molecule has 3 aromatic rings. The van der Waals surface area contributed by atoms with E-state index in [-0.39, 0.29) is 21.9 Å². The van der Waals surface area contributed by atoms with Gasteiger partial charge in [-0.25, -0.2) is 0 Å². The molecule has 0 aromatic heterocycles. The van der Waals surface area contributed by atoms with E-state index in [0.717, 1.165) is 5.56 Å². The molecule has 0 spiro atoms. The fraction of sp³-hybridized carbons (Fsp3) is 0.241. The van der Waals surface area contributed by atoms with Gasteiger partial charge in [-0.3, -0.25) is 14.5 Å². The number of hydrogen-bond acceptors (Lipinski definition) is 5. The van der Waals surface area contributed by atoms with Gasteiger partial charge in [0.25, 0.3) is 11.7 Å². The second kappa shape index (κ2) is 10.5. The van der Waals surface area contributed by atoms with Crippen LogP contribution in [0.25, 0.3) is 5.76 Å². The number of nitrogens with zero attached hydrogens (tertiary/aromatic N) is 1. The second-order valence-electron chi connectivity index (χ2n) is 9.12. The summed E-state index contributed by atoms with van der Waals surface area (Å²) in [6.45, 7) is 6.63. The first-order chi connectivity index (χ1) is 17.2. The predicted octanol–water partition coefficient (Wildman–Crippen LogP) is 6.32. The Morgan fingerprint density at radius 1 is 1.00 bits per heavy atom. The summed E-state index contributed by atoms with van der Waals surface area (Å²) in [5, 5.41) is 11.6. The van der Waals surface area contributed by atoms with Crippen LogP contribution in [0.3, 0.4) is 0 Å². The van der Waals surface area contributed by atoms with Gasteiger partial charge in [0, 0.05) is 11.3 Å². The van der Waals surface area contributed by atoms with Gasteiger partial charge < -0.3 is 14.6 Å². The zero-order valence-electron chi connectivity index (χ0n) is 20.6. The van der Waals surface area contributed by atoms with Crippen molar-refractivity contribution in [1.82, 2.24) is 0 Å². The van der Waals surface area contributed by atoms with Gasteiger partial charge >= 0.3 is 0 Å². The average molecular weight is 506 g/mol. The molecular formula is C29H28ClNO5. The van der Waals surface area contributed by atoms with Crippen LogP contribution in [0.2, 0.25) is 5.02 Å². The Morgan fingerprint density at radius 3 is 2.25 bits per heavy atom. The van der Waals surface area contributed by atoms with Gasteiger partial charge in [-0.15, -0.1) is 0 Å². The number of ketones is 1. The first kappa shape index (κ1) is 25.3.